The van der Waals surface area contributed by atoms with Gasteiger partial charge in [0, 0.05) is 13.0 Å². The maximum atomic E-state index is 13.2. The molecule has 6 nitrogen and oxygen atoms in total. The predicted octanol–water partition coefficient (Wildman–Crippen LogP) is 5.36. The van der Waals surface area contributed by atoms with Gasteiger partial charge in [-0.3, -0.25) is 4.90 Å². The van der Waals surface area contributed by atoms with Crippen LogP contribution in [0.25, 0.3) is 6.08 Å². The minimum absolute atomic E-state index is 0.139. The molecule has 4 rings (SSSR count). The van der Waals surface area contributed by atoms with E-state index in [4.69, 9.17) is 14.2 Å². The monoisotopic (exact) mass is 507 g/mol. The number of sulfone groups is 1. The summed E-state index contributed by atoms with van der Waals surface area (Å²) in [6, 6.07) is 20.4. The van der Waals surface area contributed by atoms with E-state index in [1.165, 1.54) is 0 Å². The molecular formula is C29H33NO5S. The molecule has 1 atom stereocenters. The Bertz CT molecular complexity index is 1330. The highest BCUT2D eigenvalue weighted by Crippen LogP contribution is 2.32. The average Bonchev–Trinajstić information content (AvgIpc) is 3.36. The van der Waals surface area contributed by atoms with E-state index in [1.54, 1.807) is 44.6 Å². The number of hydrogen-bond acceptors (Lipinski definition) is 6. The van der Waals surface area contributed by atoms with E-state index in [0.29, 0.717) is 28.6 Å². The number of fused-ring (bicyclic) bond motifs is 1. The molecule has 0 saturated carbocycles. The van der Waals surface area contributed by atoms with E-state index in [9.17, 15) is 8.42 Å². The fraction of sp³-hybridized carbons (Fsp3) is 0.310. The van der Waals surface area contributed by atoms with Crippen LogP contribution in [0.1, 0.15) is 30.0 Å². The maximum absolute atomic E-state index is 13.2. The van der Waals surface area contributed by atoms with Crippen LogP contribution in [0.4, 0.5) is 0 Å². The number of ether oxygens (including phenoxy) is 3. The Hall–Kier alpha value is -3.29. The van der Waals surface area contributed by atoms with Crippen LogP contribution in [0.3, 0.4) is 0 Å². The number of rotatable bonds is 11. The molecule has 1 unspecified atom stereocenters. The largest absolute Gasteiger partial charge is 0.493 e. The van der Waals surface area contributed by atoms with Gasteiger partial charge in [0.2, 0.25) is 9.84 Å². The third kappa shape index (κ3) is 5.58. The van der Waals surface area contributed by atoms with Crippen molar-refractivity contribution in [3.8, 4) is 17.2 Å². The summed E-state index contributed by atoms with van der Waals surface area (Å²) in [7, 11) is 1.74. The topological polar surface area (TPSA) is 65.1 Å². The lowest BCUT2D eigenvalue weighted by Gasteiger charge is -2.28. The SMILES string of the molecule is CCC(Oc1ccc(S(=O)(=O)C2=Cc3ccccc3C2)cc1)N(C)CCc1ccc(OC)c(OC)c1. The second kappa shape index (κ2) is 11.2. The van der Waals surface area contributed by atoms with E-state index >= 15 is 0 Å². The molecule has 0 N–H and O–H groups in total. The average molecular weight is 508 g/mol. The Morgan fingerprint density at radius 1 is 0.944 bits per heavy atom. The van der Waals surface area contributed by atoms with Gasteiger partial charge >= 0.3 is 0 Å². The molecule has 36 heavy (non-hydrogen) atoms. The van der Waals surface area contributed by atoms with Crippen molar-refractivity contribution in [1.29, 1.82) is 0 Å². The van der Waals surface area contributed by atoms with Gasteiger partial charge in [0.1, 0.15) is 5.75 Å². The summed E-state index contributed by atoms with van der Waals surface area (Å²) in [6.07, 6.45) is 3.67. The van der Waals surface area contributed by atoms with Crippen LogP contribution in [0.2, 0.25) is 0 Å². The Morgan fingerprint density at radius 2 is 1.67 bits per heavy atom. The summed E-state index contributed by atoms with van der Waals surface area (Å²) in [5.41, 5.74) is 3.16. The highest BCUT2D eigenvalue weighted by molar-refractivity contribution is 7.95. The van der Waals surface area contributed by atoms with Gasteiger partial charge in [0.15, 0.2) is 17.7 Å². The first kappa shape index (κ1) is 25.8. The van der Waals surface area contributed by atoms with Crippen LogP contribution in [0.5, 0.6) is 17.2 Å². The lowest BCUT2D eigenvalue weighted by atomic mass is 10.1. The number of likely N-dealkylation sites (N-methyl/N-ethyl adjacent to an activating group) is 1. The van der Waals surface area contributed by atoms with Gasteiger partial charge in [-0.2, -0.15) is 0 Å². The Balaban J connectivity index is 1.38. The van der Waals surface area contributed by atoms with Crippen molar-refractivity contribution in [2.24, 2.45) is 0 Å². The minimum Gasteiger partial charge on any atom is -0.493 e. The zero-order chi connectivity index (χ0) is 25.7. The number of methoxy groups -OCH3 is 2. The van der Waals surface area contributed by atoms with Gasteiger partial charge in [-0.1, -0.05) is 37.3 Å². The first-order valence-electron chi connectivity index (χ1n) is 12.1. The normalized spacial score (nSPS) is 13.8. The molecule has 0 amide bonds. The van der Waals surface area contributed by atoms with E-state index < -0.39 is 9.84 Å². The Labute approximate surface area is 214 Å². The quantitative estimate of drug-likeness (QED) is 0.326. The molecule has 7 heteroatoms. The van der Waals surface area contributed by atoms with E-state index in [2.05, 4.69) is 11.8 Å². The third-order valence-electron chi connectivity index (χ3n) is 6.53. The van der Waals surface area contributed by atoms with Gasteiger partial charge in [0.25, 0.3) is 0 Å². The zero-order valence-electron chi connectivity index (χ0n) is 21.2. The van der Waals surface area contributed by atoms with Crippen LogP contribution in [0.15, 0.2) is 76.5 Å². The first-order valence-corrected chi connectivity index (χ1v) is 13.6. The molecule has 0 fully saturated rings. The predicted molar refractivity (Wildman–Crippen MR) is 142 cm³/mol. The lowest BCUT2D eigenvalue weighted by molar-refractivity contribution is 0.0427. The van der Waals surface area contributed by atoms with Crippen LogP contribution >= 0.6 is 0 Å². The van der Waals surface area contributed by atoms with Crippen molar-refractivity contribution in [1.82, 2.24) is 4.90 Å². The minimum atomic E-state index is -3.55. The first-order chi connectivity index (χ1) is 17.3. The molecule has 3 aromatic rings. The van der Waals surface area contributed by atoms with Crippen LogP contribution in [-0.4, -0.2) is 47.4 Å². The standard InChI is InChI=1S/C29H33NO5S/c1-5-29(30(2)17-16-21-10-15-27(33-3)28(18-21)34-4)35-24-11-13-25(14-12-24)36(31,32)26-19-22-8-6-7-9-23(22)20-26/h6-15,18-19,29H,5,16-17,20H2,1-4H3. The summed E-state index contributed by atoms with van der Waals surface area (Å²) < 4.78 is 43.3. The van der Waals surface area contributed by atoms with Crippen molar-refractivity contribution >= 4 is 15.9 Å². The van der Waals surface area contributed by atoms with Gasteiger partial charge < -0.3 is 14.2 Å². The molecule has 1 aliphatic rings. The second-order valence-corrected chi connectivity index (χ2v) is 10.9. The molecule has 0 radical (unpaired) electrons. The van der Waals surface area contributed by atoms with Crippen molar-refractivity contribution in [3.05, 3.63) is 88.3 Å². The molecule has 0 heterocycles. The van der Waals surface area contributed by atoms with E-state index in [-0.39, 0.29) is 11.1 Å². The molecule has 0 bridgehead atoms. The van der Waals surface area contributed by atoms with E-state index in [1.807, 2.05) is 49.5 Å². The summed E-state index contributed by atoms with van der Waals surface area (Å²) in [5.74, 6) is 2.07. The number of allylic oxidation sites excluding steroid dienone is 1. The fourth-order valence-corrected chi connectivity index (χ4v) is 5.82. The summed E-state index contributed by atoms with van der Waals surface area (Å²) in [6.45, 7) is 2.86. The summed E-state index contributed by atoms with van der Waals surface area (Å²) in [5, 5.41) is 0. The van der Waals surface area contributed by atoms with E-state index in [0.717, 1.165) is 36.1 Å². The van der Waals surface area contributed by atoms with Crippen LogP contribution in [-0.2, 0) is 22.7 Å². The highest BCUT2D eigenvalue weighted by Gasteiger charge is 2.26. The summed E-state index contributed by atoms with van der Waals surface area (Å²) >= 11 is 0. The summed E-state index contributed by atoms with van der Waals surface area (Å²) in [4.78, 5) is 2.87. The van der Waals surface area contributed by atoms with Crippen molar-refractivity contribution in [2.45, 2.75) is 37.3 Å². The van der Waals surface area contributed by atoms with Crippen molar-refractivity contribution in [3.63, 3.8) is 0 Å². The zero-order valence-corrected chi connectivity index (χ0v) is 22.0. The van der Waals surface area contributed by atoms with Crippen LogP contribution in [0, 0.1) is 0 Å². The molecule has 0 spiro atoms. The highest BCUT2D eigenvalue weighted by atomic mass is 32.2. The van der Waals surface area contributed by atoms with Crippen molar-refractivity contribution in [2.75, 3.05) is 27.8 Å². The lowest BCUT2D eigenvalue weighted by Crippen LogP contribution is -2.37. The molecule has 3 aromatic carbocycles. The second-order valence-electron chi connectivity index (χ2n) is 8.86. The van der Waals surface area contributed by atoms with Crippen LogP contribution < -0.4 is 14.2 Å². The smallest absolute Gasteiger partial charge is 0.203 e. The maximum Gasteiger partial charge on any atom is 0.203 e. The number of nitrogens with zero attached hydrogens (tertiary/aromatic N) is 1. The molecular weight excluding hydrogens is 474 g/mol. The molecule has 0 saturated heterocycles. The van der Waals surface area contributed by atoms with Gasteiger partial charge in [-0.15, -0.1) is 0 Å². The number of benzene rings is 3. The fourth-order valence-electron chi connectivity index (χ4n) is 4.40. The Morgan fingerprint density at radius 3 is 2.33 bits per heavy atom. The number of hydrogen-bond donors (Lipinski definition) is 0. The molecule has 190 valence electrons. The van der Waals surface area contributed by atoms with Gasteiger partial charge in [-0.05, 0) is 79.1 Å². The van der Waals surface area contributed by atoms with Crippen molar-refractivity contribution < 1.29 is 22.6 Å². The van der Waals surface area contributed by atoms with Gasteiger partial charge in [0.05, 0.1) is 24.0 Å². The molecule has 0 aliphatic heterocycles. The molecule has 0 aromatic heterocycles. The molecule has 1 aliphatic carbocycles. The Kier molecular flexibility index (Phi) is 8.01. The van der Waals surface area contributed by atoms with Gasteiger partial charge in [-0.25, -0.2) is 8.42 Å². The third-order valence-corrected chi connectivity index (χ3v) is 8.37.